The molecule has 2 aromatic carbocycles. The summed E-state index contributed by atoms with van der Waals surface area (Å²) >= 11 is 6.12. The molecular formula is C17H14ClNO. The number of benzene rings is 2. The molecule has 2 N–H and O–H groups in total. The molecule has 2 unspecified atom stereocenters. The van der Waals surface area contributed by atoms with Crippen LogP contribution in [-0.4, -0.2) is 10.1 Å². The van der Waals surface area contributed by atoms with Gasteiger partial charge in [-0.1, -0.05) is 35.9 Å². The average Bonchev–Trinajstić information content (AvgIpc) is 3.00. The SMILES string of the molecule is OC1CC(c2c[nH]c3ccc(Cl)cc23)c2ccccc21. The Balaban J connectivity index is 1.91. The van der Waals surface area contributed by atoms with E-state index in [1.807, 2.05) is 42.6 Å². The van der Waals surface area contributed by atoms with Gasteiger partial charge in [-0.3, -0.25) is 0 Å². The van der Waals surface area contributed by atoms with E-state index in [1.54, 1.807) is 0 Å². The molecule has 0 fully saturated rings. The Bertz CT molecular complexity index is 793. The van der Waals surface area contributed by atoms with Gasteiger partial charge in [0.1, 0.15) is 0 Å². The van der Waals surface area contributed by atoms with Crippen LogP contribution < -0.4 is 0 Å². The van der Waals surface area contributed by atoms with Crippen LogP contribution in [0.3, 0.4) is 0 Å². The maximum Gasteiger partial charge on any atom is 0.0802 e. The molecule has 0 aliphatic heterocycles. The average molecular weight is 284 g/mol. The van der Waals surface area contributed by atoms with E-state index in [2.05, 4.69) is 11.1 Å². The van der Waals surface area contributed by atoms with Gasteiger partial charge in [0.05, 0.1) is 6.10 Å². The normalized spacial score (nSPS) is 21.3. The van der Waals surface area contributed by atoms with E-state index in [0.29, 0.717) is 0 Å². The van der Waals surface area contributed by atoms with E-state index in [0.717, 1.165) is 27.9 Å². The number of nitrogens with one attached hydrogen (secondary N) is 1. The Morgan fingerprint density at radius 2 is 1.85 bits per heavy atom. The summed E-state index contributed by atoms with van der Waals surface area (Å²) in [6, 6.07) is 14.0. The molecule has 0 spiro atoms. The van der Waals surface area contributed by atoms with E-state index in [4.69, 9.17) is 11.6 Å². The number of aromatic amines is 1. The Kier molecular flexibility index (Phi) is 2.62. The zero-order valence-electron chi connectivity index (χ0n) is 10.8. The lowest BCUT2D eigenvalue weighted by Crippen LogP contribution is -1.95. The largest absolute Gasteiger partial charge is 0.388 e. The van der Waals surface area contributed by atoms with Crippen molar-refractivity contribution < 1.29 is 5.11 Å². The van der Waals surface area contributed by atoms with Gasteiger partial charge in [0.2, 0.25) is 0 Å². The van der Waals surface area contributed by atoms with Crippen molar-refractivity contribution in [2.24, 2.45) is 0 Å². The van der Waals surface area contributed by atoms with Crippen LogP contribution in [0.5, 0.6) is 0 Å². The predicted octanol–water partition coefficient (Wildman–Crippen LogP) is 4.39. The van der Waals surface area contributed by atoms with Crippen LogP contribution in [-0.2, 0) is 0 Å². The van der Waals surface area contributed by atoms with E-state index < -0.39 is 0 Å². The minimum Gasteiger partial charge on any atom is -0.388 e. The van der Waals surface area contributed by atoms with Crippen molar-refractivity contribution in [3.05, 3.63) is 70.4 Å². The highest BCUT2D eigenvalue weighted by Crippen LogP contribution is 2.45. The topological polar surface area (TPSA) is 36.0 Å². The van der Waals surface area contributed by atoms with E-state index in [9.17, 15) is 5.11 Å². The lowest BCUT2D eigenvalue weighted by molar-refractivity contribution is 0.176. The number of fused-ring (bicyclic) bond motifs is 2. The Morgan fingerprint density at radius 3 is 2.70 bits per heavy atom. The molecule has 0 saturated carbocycles. The molecule has 1 aliphatic carbocycles. The minimum absolute atomic E-state index is 0.230. The standard InChI is InChI=1S/C17H14ClNO/c18-10-5-6-16-14(7-10)15(9-19-16)13-8-17(20)12-4-2-1-3-11(12)13/h1-7,9,13,17,19-20H,8H2. The first-order valence-corrected chi connectivity index (χ1v) is 7.15. The fraction of sp³-hybridized carbons (Fsp3) is 0.176. The minimum atomic E-state index is -0.375. The maximum atomic E-state index is 10.2. The molecule has 100 valence electrons. The third-order valence-electron chi connectivity index (χ3n) is 4.24. The lowest BCUT2D eigenvalue weighted by atomic mass is 9.93. The molecule has 3 aromatic rings. The Morgan fingerprint density at radius 1 is 1.05 bits per heavy atom. The van der Waals surface area contributed by atoms with Gasteiger partial charge in [-0.15, -0.1) is 0 Å². The molecule has 0 saturated heterocycles. The quantitative estimate of drug-likeness (QED) is 0.683. The van der Waals surface area contributed by atoms with Gasteiger partial charge >= 0.3 is 0 Å². The molecule has 0 radical (unpaired) electrons. The summed E-state index contributed by atoms with van der Waals surface area (Å²) < 4.78 is 0. The smallest absolute Gasteiger partial charge is 0.0802 e. The summed E-state index contributed by atoms with van der Waals surface area (Å²) in [5.41, 5.74) is 4.57. The summed E-state index contributed by atoms with van der Waals surface area (Å²) in [4.78, 5) is 3.30. The van der Waals surface area contributed by atoms with Crippen LogP contribution in [0.2, 0.25) is 5.02 Å². The molecule has 4 rings (SSSR count). The van der Waals surface area contributed by atoms with Crippen LogP contribution in [0.15, 0.2) is 48.7 Å². The number of H-pyrrole nitrogens is 1. The second kappa shape index (κ2) is 4.37. The van der Waals surface area contributed by atoms with E-state index in [-0.39, 0.29) is 12.0 Å². The van der Waals surface area contributed by atoms with Crippen molar-refractivity contribution in [3.63, 3.8) is 0 Å². The first-order chi connectivity index (χ1) is 9.74. The summed E-state index contributed by atoms with van der Waals surface area (Å²) in [6.07, 6.45) is 2.40. The predicted molar refractivity (Wildman–Crippen MR) is 81.2 cm³/mol. The number of hydrogen-bond donors (Lipinski definition) is 2. The fourth-order valence-corrected chi connectivity index (χ4v) is 3.48. The van der Waals surface area contributed by atoms with E-state index in [1.165, 1.54) is 11.1 Å². The highest BCUT2D eigenvalue weighted by atomic mass is 35.5. The van der Waals surface area contributed by atoms with Crippen molar-refractivity contribution in [1.82, 2.24) is 4.98 Å². The number of halogens is 1. The number of aliphatic hydroxyl groups excluding tert-OH is 1. The zero-order chi connectivity index (χ0) is 13.7. The van der Waals surface area contributed by atoms with Gasteiger partial charge in [-0.2, -0.15) is 0 Å². The van der Waals surface area contributed by atoms with Gasteiger partial charge in [0, 0.05) is 28.0 Å². The van der Waals surface area contributed by atoms with Gasteiger partial charge in [-0.25, -0.2) is 0 Å². The second-order valence-electron chi connectivity index (χ2n) is 5.37. The molecule has 1 heterocycles. The molecule has 0 amide bonds. The third kappa shape index (κ3) is 1.69. The van der Waals surface area contributed by atoms with Gasteiger partial charge in [0.25, 0.3) is 0 Å². The second-order valence-corrected chi connectivity index (χ2v) is 5.80. The van der Waals surface area contributed by atoms with Gasteiger partial charge in [0.15, 0.2) is 0 Å². The molecule has 1 aromatic heterocycles. The van der Waals surface area contributed by atoms with Crippen LogP contribution in [0.1, 0.15) is 35.1 Å². The molecule has 0 bridgehead atoms. The third-order valence-corrected chi connectivity index (χ3v) is 4.48. The van der Waals surface area contributed by atoms with Crippen molar-refractivity contribution >= 4 is 22.5 Å². The number of aromatic nitrogens is 1. The fourth-order valence-electron chi connectivity index (χ4n) is 3.31. The van der Waals surface area contributed by atoms with Crippen molar-refractivity contribution in [1.29, 1.82) is 0 Å². The molecule has 2 atom stereocenters. The molecule has 20 heavy (non-hydrogen) atoms. The molecule has 3 heteroatoms. The van der Waals surface area contributed by atoms with Crippen LogP contribution in [0, 0.1) is 0 Å². The zero-order valence-corrected chi connectivity index (χ0v) is 11.6. The highest BCUT2D eigenvalue weighted by Gasteiger charge is 2.31. The summed E-state index contributed by atoms with van der Waals surface area (Å²) in [7, 11) is 0. The van der Waals surface area contributed by atoms with Crippen molar-refractivity contribution in [2.45, 2.75) is 18.4 Å². The highest BCUT2D eigenvalue weighted by molar-refractivity contribution is 6.31. The number of aliphatic hydroxyl groups is 1. The van der Waals surface area contributed by atoms with Crippen LogP contribution in [0.4, 0.5) is 0 Å². The lowest BCUT2D eigenvalue weighted by Gasteiger charge is -2.10. The van der Waals surface area contributed by atoms with Gasteiger partial charge in [-0.05, 0) is 41.3 Å². The Hall–Kier alpha value is -1.77. The van der Waals surface area contributed by atoms with Crippen LogP contribution in [0.25, 0.3) is 10.9 Å². The first-order valence-electron chi connectivity index (χ1n) is 6.77. The van der Waals surface area contributed by atoms with E-state index >= 15 is 0 Å². The summed E-state index contributed by atoms with van der Waals surface area (Å²) in [5.74, 6) is 0.230. The van der Waals surface area contributed by atoms with Crippen molar-refractivity contribution in [2.75, 3.05) is 0 Å². The molecular weight excluding hydrogens is 270 g/mol. The number of hydrogen-bond acceptors (Lipinski definition) is 1. The molecule has 1 aliphatic rings. The number of rotatable bonds is 1. The summed E-state index contributed by atoms with van der Waals surface area (Å²) in [6.45, 7) is 0. The Labute approximate surface area is 122 Å². The van der Waals surface area contributed by atoms with Crippen molar-refractivity contribution in [3.8, 4) is 0 Å². The molecule has 2 nitrogen and oxygen atoms in total. The monoisotopic (exact) mass is 283 g/mol. The first kappa shape index (κ1) is 12.0. The summed E-state index contributed by atoms with van der Waals surface area (Å²) in [5, 5.41) is 12.1. The maximum absolute atomic E-state index is 10.2. The van der Waals surface area contributed by atoms with Crippen LogP contribution >= 0.6 is 11.6 Å². The van der Waals surface area contributed by atoms with Gasteiger partial charge < -0.3 is 10.1 Å².